The zero-order valence-electron chi connectivity index (χ0n) is 15.6. The van der Waals surface area contributed by atoms with E-state index in [0.717, 1.165) is 27.3 Å². The minimum Gasteiger partial charge on any atom is -0.480 e. The van der Waals surface area contributed by atoms with Crippen molar-refractivity contribution in [3.05, 3.63) is 72.3 Å². The number of rotatable bonds is 6. The van der Waals surface area contributed by atoms with Crippen LogP contribution in [-0.4, -0.2) is 25.0 Å². The number of thiophene rings is 1. The van der Waals surface area contributed by atoms with Crippen molar-refractivity contribution in [3.8, 4) is 10.4 Å². The van der Waals surface area contributed by atoms with Gasteiger partial charge in [-0.1, -0.05) is 49.4 Å². The van der Waals surface area contributed by atoms with Gasteiger partial charge >= 0.3 is 5.97 Å². The van der Waals surface area contributed by atoms with Crippen LogP contribution < -0.4 is 10.5 Å². The largest absolute Gasteiger partial charge is 0.480 e. The van der Waals surface area contributed by atoms with E-state index in [4.69, 9.17) is 5.73 Å². The molecule has 0 radical (unpaired) electrons. The summed E-state index contributed by atoms with van der Waals surface area (Å²) in [6.45, 7) is 1.77. The highest BCUT2D eigenvalue weighted by Crippen LogP contribution is 2.58. The van der Waals surface area contributed by atoms with Gasteiger partial charge in [0.1, 0.15) is 9.75 Å². The van der Waals surface area contributed by atoms with E-state index < -0.39 is 26.9 Å². The molecule has 2 aromatic carbocycles. The van der Waals surface area contributed by atoms with Crippen LogP contribution in [0.1, 0.15) is 18.9 Å². The van der Waals surface area contributed by atoms with Gasteiger partial charge < -0.3 is 10.8 Å². The van der Waals surface area contributed by atoms with E-state index in [9.17, 15) is 18.3 Å². The molecule has 4 N–H and O–H groups in total. The van der Waals surface area contributed by atoms with E-state index in [-0.39, 0.29) is 10.6 Å². The molecule has 8 heteroatoms. The number of carboxylic acids is 1. The van der Waals surface area contributed by atoms with Crippen LogP contribution in [0.25, 0.3) is 10.4 Å². The highest BCUT2D eigenvalue weighted by atomic mass is 32.2. The molecule has 1 aromatic heterocycles. The highest BCUT2D eigenvalue weighted by Gasteiger charge is 2.72. The van der Waals surface area contributed by atoms with Crippen LogP contribution in [0.4, 0.5) is 5.69 Å². The van der Waals surface area contributed by atoms with Gasteiger partial charge in [0.05, 0.1) is 0 Å². The molecule has 1 heterocycles. The van der Waals surface area contributed by atoms with Gasteiger partial charge in [-0.25, -0.2) is 8.42 Å². The van der Waals surface area contributed by atoms with E-state index >= 15 is 0 Å². The minimum atomic E-state index is -4.01. The maximum Gasteiger partial charge on any atom is 0.325 e. The van der Waals surface area contributed by atoms with Gasteiger partial charge in [0, 0.05) is 16.0 Å². The molecule has 29 heavy (non-hydrogen) atoms. The number of benzene rings is 2. The summed E-state index contributed by atoms with van der Waals surface area (Å²) in [6.07, 6.45) is 0.189. The van der Waals surface area contributed by atoms with E-state index in [1.165, 1.54) is 6.07 Å². The zero-order chi connectivity index (χ0) is 20.9. The molecule has 2 atom stereocenters. The number of nitrogen functional groups attached to an aromatic ring is 1. The summed E-state index contributed by atoms with van der Waals surface area (Å²) in [5, 5.41) is 9.88. The summed E-state index contributed by atoms with van der Waals surface area (Å²) in [4.78, 5) is 12.9. The molecule has 0 saturated heterocycles. The molecule has 0 amide bonds. The average Bonchev–Trinajstić information content (AvgIpc) is 3.05. The fourth-order valence-electron chi connectivity index (χ4n) is 3.69. The molecule has 0 bridgehead atoms. The molecule has 6 nitrogen and oxygen atoms in total. The molecule has 1 fully saturated rings. The number of nitrogens with two attached hydrogens (primary N) is 1. The molecular weight excluding hydrogens is 408 g/mol. The molecule has 1 aliphatic rings. The third-order valence-electron chi connectivity index (χ3n) is 5.56. The van der Waals surface area contributed by atoms with E-state index in [1.54, 1.807) is 25.1 Å². The summed E-state index contributed by atoms with van der Waals surface area (Å²) in [6, 6.07) is 19.5. The second-order valence-corrected chi connectivity index (χ2v) is 10.4. The van der Waals surface area contributed by atoms with Crippen molar-refractivity contribution >= 4 is 33.0 Å². The normalized spacial score (nSPS) is 23.6. The Hall–Kier alpha value is -2.68. The predicted molar refractivity (Wildman–Crippen MR) is 113 cm³/mol. The third kappa shape index (κ3) is 3.23. The lowest BCUT2D eigenvalue weighted by Gasteiger charge is -2.20. The summed E-state index contributed by atoms with van der Waals surface area (Å²) < 4.78 is 28.6. The second kappa shape index (κ2) is 6.69. The number of anilines is 1. The SMILES string of the molecule is C[C@]1(c2ccccc2)C[C@@]1(NS(=O)(=O)c1ccc(-c2ccc(N)cc2)s1)C(=O)O. The first kappa shape index (κ1) is 19.6. The third-order valence-corrected chi connectivity index (χ3v) is 8.68. The smallest absolute Gasteiger partial charge is 0.325 e. The molecular formula is C21H20N2O4S2. The highest BCUT2D eigenvalue weighted by molar-refractivity contribution is 7.91. The molecule has 3 aromatic rings. The van der Waals surface area contributed by atoms with Crippen LogP contribution in [0.2, 0.25) is 0 Å². The van der Waals surface area contributed by atoms with Crippen LogP contribution in [0.5, 0.6) is 0 Å². The Kier molecular flexibility index (Phi) is 4.53. The Morgan fingerprint density at radius 2 is 1.72 bits per heavy atom. The maximum atomic E-state index is 13.0. The Morgan fingerprint density at radius 3 is 2.34 bits per heavy atom. The van der Waals surface area contributed by atoms with E-state index in [0.29, 0.717) is 5.69 Å². The van der Waals surface area contributed by atoms with Crippen molar-refractivity contribution in [3.63, 3.8) is 0 Å². The number of sulfonamides is 1. The van der Waals surface area contributed by atoms with Gasteiger partial charge in [-0.15, -0.1) is 11.3 Å². The Morgan fingerprint density at radius 1 is 1.07 bits per heavy atom. The minimum absolute atomic E-state index is 0.0762. The summed E-state index contributed by atoms with van der Waals surface area (Å²) in [7, 11) is -4.01. The first-order valence-corrected chi connectivity index (χ1v) is 11.3. The Bertz CT molecular complexity index is 1170. The Labute approximate surface area is 173 Å². The monoisotopic (exact) mass is 428 g/mol. The topological polar surface area (TPSA) is 109 Å². The molecule has 1 saturated carbocycles. The van der Waals surface area contributed by atoms with Crippen LogP contribution in [0.15, 0.2) is 70.9 Å². The van der Waals surface area contributed by atoms with Crippen LogP contribution in [-0.2, 0) is 20.2 Å². The van der Waals surface area contributed by atoms with Gasteiger partial charge in [0.2, 0.25) is 0 Å². The lowest BCUT2D eigenvalue weighted by molar-refractivity contribution is -0.140. The van der Waals surface area contributed by atoms with Crippen molar-refractivity contribution in [1.29, 1.82) is 0 Å². The van der Waals surface area contributed by atoms with Crippen LogP contribution in [0, 0.1) is 0 Å². The van der Waals surface area contributed by atoms with Crippen molar-refractivity contribution in [2.75, 3.05) is 5.73 Å². The van der Waals surface area contributed by atoms with Gasteiger partial charge in [-0.05, 0) is 41.8 Å². The maximum absolute atomic E-state index is 13.0. The zero-order valence-corrected chi connectivity index (χ0v) is 17.3. The van der Waals surface area contributed by atoms with E-state index in [1.807, 2.05) is 42.5 Å². The number of aliphatic carboxylic acids is 1. The van der Waals surface area contributed by atoms with Crippen molar-refractivity contribution in [2.45, 2.75) is 28.5 Å². The van der Waals surface area contributed by atoms with Gasteiger partial charge in [0.25, 0.3) is 10.0 Å². The molecule has 150 valence electrons. The average molecular weight is 429 g/mol. The molecule has 0 unspecified atom stereocenters. The summed E-state index contributed by atoms with van der Waals surface area (Å²) in [5.41, 5.74) is 5.57. The van der Waals surface area contributed by atoms with Crippen LogP contribution >= 0.6 is 11.3 Å². The quantitative estimate of drug-likeness (QED) is 0.521. The molecule has 1 aliphatic carbocycles. The van der Waals surface area contributed by atoms with Gasteiger partial charge in [0.15, 0.2) is 0 Å². The second-order valence-electron chi connectivity index (χ2n) is 7.43. The molecule has 0 spiro atoms. The standard InChI is InChI=1S/C21H20N2O4S2/c1-20(15-5-3-2-4-6-15)13-21(20,19(24)25)23-29(26,27)18-12-11-17(28-18)14-7-9-16(22)10-8-14/h2-12,23H,13,22H2,1H3,(H,24,25)/t20-,21-/m1/s1. The first-order valence-electron chi connectivity index (χ1n) is 8.97. The fraction of sp³-hybridized carbons (Fsp3) is 0.190. The molecule has 0 aliphatic heterocycles. The number of hydrogen-bond donors (Lipinski definition) is 3. The van der Waals surface area contributed by atoms with Gasteiger partial charge in [-0.2, -0.15) is 4.72 Å². The summed E-state index contributed by atoms with van der Waals surface area (Å²) >= 11 is 1.09. The van der Waals surface area contributed by atoms with E-state index in [2.05, 4.69) is 4.72 Å². The predicted octanol–water partition coefficient (Wildman–Crippen LogP) is 3.46. The fourth-order valence-corrected chi connectivity index (χ4v) is 6.46. The van der Waals surface area contributed by atoms with Crippen LogP contribution in [0.3, 0.4) is 0 Å². The number of hydrogen-bond acceptors (Lipinski definition) is 5. The van der Waals surface area contributed by atoms with Gasteiger partial charge in [-0.3, -0.25) is 4.79 Å². The number of carboxylic acid groups (broad SMARTS) is 1. The van der Waals surface area contributed by atoms with Crippen molar-refractivity contribution in [2.24, 2.45) is 0 Å². The summed E-state index contributed by atoms with van der Waals surface area (Å²) in [5.74, 6) is -1.18. The number of carbonyl (C=O) groups is 1. The lowest BCUT2D eigenvalue weighted by atomic mass is 9.93. The lowest BCUT2D eigenvalue weighted by Crippen LogP contribution is -2.47. The Balaban J connectivity index is 1.65. The van der Waals surface area contributed by atoms with Crippen molar-refractivity contribution in [1.82, 2.24) is 4.72 Å². The number of nitrogens with one attached hydrogen (secondary N) is 1. The first-order chi connectivity index (χ1) is 13.7. The van der Waals surface area contributed by atoms with Crippen molar-refractivity contribution < 1.29 is 18.3 Å². The molecule has 4 rings (SSSR count).